The fourth-order valence-electron chi connectivity index (χ4n) is 3.71. The van der Waals surface area contributed by atoms with Crippen LogP contribution in [0.15, 0.2) is 47.5 Å². The van der Waals surface area contributed by atoms with Gasteiger partial charge in [-0.1, -0.05) is 18.2 Å². The van der Waals surface area contributed by atoms with Crippen LogP contribution < -0.4 is 5.56 Å². The van der Waals surface area contributed by atoms with Crippen molar-refractivity contribution >= 4 is 22.6 Å². The van der Waals surface area contributed by atoms with Crippen LogP contribution in [0.4, 0.5) is 0 Å². The molecule has 27 heavy (non-hydrogen) atoms. The first-order valence-electron chi connectivity index (χ1n) is 8.97. The number of amides is 1. The molecule has 0 bridgehead atoms. The van der Waals surface area contributed by atoms with E-state index < -0.39 is 0 Å². The van der Waals surface area contributed by atoms with Crippen molar-refractivity contribution in [1.29, 1.82) is 0 Å². The molecule has 0 saturated carbocycles. The lowest BCUT2D eigenvalue weighted by Gasteiger charge is -2.32. The molecule has 1 saturated heterocycles. The van der Waals surface area contributed by atoms with Gasteiger partial charge in [0.15, 0.2) is 5.82 Å². The lowest BCUT2D eigenvalue weighted by Crippen LogP contribution is -2.43. The van der Waals surface area contributed by atoms with E-state index in [4.69, 9.17) is 0 Å². The summed E-state index contributed by atoms with van der Waals surface area (Å²) in [5.74, 6) is -0.127. The normalized spacial score (nSPS) is 17.2. The van der Waals surface area contributed by atoms with Gasteiger partial charge in [-0.05, 0) is 18.9 Å². The summed E-state index contributed by atoms with van der Waals surface area (Å²) in [5, 5.41) is 0.708. The number of H-pyrrole nitrogens is 1. The Kier molecular flexibility index (Phi) is 4.35. The van der Waals surface area contributed by atoms with Crippen LogP contribution in [0.25, 0.3) is 10.9 Å². The molecule has 7 heteroatoms. The molecule has 3 aromatic rings. The molecule has 1 aromatic carbocycles. The maximum absolute atomic E-state index is 13.1. The van der Waals surface area contributed by atoms with Gasteiger partial charge in [0.2, 0.25) is 11.3 Å². The number of nitrogens with zero attached hydrogens (tertiary/aromatic N) is 3. The molecule has 4 rings (SSSR count). The molecule has 0 radical (unpaired) electrons. The maximum atomic E-state index is 13.1. The first-order valence-corrected chi connectivity index (χ1v) is 8.97. The number of benzene rings is 1. The molecule has 138 valence electrons. The molecule has 1 aliphatic rings. The molecule has 1 amide bonds. The Labute approximate surface area is 155 Å². The lowest BCUT2D eigenvalue weighted by atomic mass is 9.92. The van der Waals surface area contributed by atoms with Crippen molar-refractivity contribution in [3.63, 3.8) is 0 Å². The van der Waals surface area contributed by atoms with E-state index in [0.717, 1.165) is 12.8 Å². The number of imidazole rings is 1. The number of carbonyl (C=O) groups excluding carboxylic acids is 2. The number of Topliss-reactive ketones (excluding diaryl/α,β-unsaturated/α-hetero) is 1. The van der Waals surface area contributed by atoms with Crippen molar-refractivity contribution in [3.8, 4) is 0 Å². The number of aromatic nitrogens is 3. The molecule has 1 fully saturated rings. The van der Waals surface area contributed by atoms with Crippen molar-refractivity contribution in [1.82, 2.24) is 19.4 Å². The van der Waals surface area contributed by atoms with E-state index in [1.54, 1.807) is 35.0 Å². The van der Waals surface area contributed by atoms with Crippen LogP contribution in [-0.4, -0.2) is 44.2 Å². The number of piperidine rings is 1. The van der Waals surface area contributed by atoms with E-state index in [9.17, 15) is 14.4 Å². The number of likely N-dealkylation sites (tertiary alicyclic amines) is 1. The Morgan fingerprint density at radius 2 is 2.07 bits per heavy atom. The highest BCUT2D eigenvalue weighted by atomic mass is 16.2. The van der Waals surface area contributed by atoms with Crippen molar-refractivity contribution in [2.24, 2.45) is 13.0 Å². The van der Waals surface area contributed by atoms with Gasteiger partial charge in [0, 0.05) is 55.4 Å². The molecule has 0 spiro atoms. The zero-order valence-electron chi connectivity index (χ0n) is 15.0. The average Bonchev–Trinajstić information content (AvgIpc) is 3.12. The van der Waals surface area contributed by atoms with E-state index in [1.165, 1.54) is 6.07 Å². The van der Waals surface area contributed by atoms with Gasteiger partial charge < -0.3 is 14.5 Å². The first-order chi connectivity index (χ1) is 13.0. The van der Waals surface area contributed by atoms with E-state index in [2.05, 4.69) is 9.97 Å². The number of ketones is 1. The minimum absolute atomic E-state index is 0.0456. The molecule has 1 atom stereocenters. The summed E-state index contributed by atoms with van der Waals surface area (Å²) in [6.07, 6.45) is 4.81. The van der Waals surface area contributed by atoms with E-state index in [1.807, 2.05) is 18.2 Å². The van der Waals surface area contributed by atoms with Crippen LogP contribution in [0.5, 0.6) is 0 Å². The fraction of sp³-hybridized carbons (Fsp3) is 0.300. The van der Waals surface area contributed by atoms with Gasteiger partial charge in [-0.15, -0.1) is 0 Å². The molecule has 1 N–H and O–H groups in total. The number of nitrogens with one attached hydrogen (secondary N) is 1. The predicted molar refractivity (Wildman–Crippen MR) is 101 cm³/mol. The number of hydrogen-bond donors (Lipinski definition) is 1. The Hall–Kier alpha value is -3.22. The van der Waals surface area contributed by atoms with Crippen LogP contribution in [0.2, 0.25) is 0 Å². The quantitative estimate of drug-likeness (QED) is 0.720. The van der Waals surface area contributed by atoms with E-state index >= 15 is 0 Å². The molecule has 1 aliphatic heterocycles. The number of para-hydroxylation sites is 1. The fourth-order valence-corrected chi connectivity index (χ4v) is 3.71. The Morgan fingerprint density at radius 1 is 1.26 bits per heavy atom. The highest BCUT2D eigenvalue weighted by Crippen LogP contribution is 2.23. The van der Waals surface area contributed by atoms with Gasteiger partial charge in [0.1, 0.15) is 0 Å². The number of hydrogen-bond acceptors (Lipinski definition) is 4. The summed E-state index contributed by atoms with van der Waals surface area (Å²) < 4.78 is 1.70. The smallest absolute Gasteiger partial charge is 0.254 e. The number of carbonyl (C=O) groups is 2. The van der Waals surface area contributed by atoms with Crippen LogP contribution in [0, 0.1) is 5.92 Å². The van der Waals surface area contributed by atoms with Crippen molar-refractivity contribution in [2.75, 3.05) is 13.1 Å². The average molecular weight is 364 g/mol. The summed E-state index contributed by atoms with van der Waals surface area (Å²) in [5.41, 5.74) is 0.695. The van der Waals surface area contributed by atoms with Crippen LogP contribution in [0.1, 0.15) is 33.8 Å². The van der Waals surface area contributed by atoms with Gasteiger partial charge in [0.05, 0.1) is 5.56 Å². The second kappa shape index (κ2) is 6.83. The minimum Gasteiger partial charge on any atom is -0.338 e. The third-order valence-electron chi connectivity index (χ3n) is 5.10. The van der Waals surface area contributed by atoms with Gasteiger partial charge in [-0.25, -0.2) is 4.98 Å². The SMILES string of the molecule is Cn1ccnc1C(=O)[C@@H]1CCCN(C(=O)c2cc(=O)[nH]c3ccccc23)C1. The Balaban J connectivity index is 1.62. The predicted octanol–water partition coefficient (Wildman–Crippen LogP) is 2.00. The van der Waals surface area contributed by atoms with Crippen LogP contribution in [-0.2, 0) is 7.05 Å². The zero-order valence-corrected chi connectivity index (χ0v) is 15.0. The molecule has 7 nitrogen and oxygen atoms in total. The number of pyridine rings is 1. The number of rotatable bonds is 3. The van der Waals surface area contributed by atoms with Gasteiger partial charge in [-0.2, -0.15) is 0 Å². The number of aryl methyl sites for hydroxylation is 1. The molecular weight excluding hydrogens is 344 g/mol. The highest BCUT2D eigenvalue weighted by molar-refractivity contribution is 6.06. The number of aromatic amines is 1. The Morgan fingerprint density at radius 3 is 2.85 bits per heavy atom. The summed E-state index contributed by atoms with van der Waals surface area (Å²) in [6.45, 7) is 0.913. The van der Waals surface area contributed by atoms with Gasteiger partial charge in [0.25, 0.3) is 5.91 Å². The second-order valence-corrected chi connectivity index (χ2v) is 6.91. The zero-order chi connectivity index (χ0) is 19.0. The molecule has 2 aromatic heterocycles. The van der Waals surface area contributed by atoms with Crippen molar-refractivity contribution in [3.05, 3.63) is 64.5 Å². The Bertz CT molecular complexity index is 1080. The lowest BCUT2D eigenvalue weighted by molar-refractivity contribution is 0.0634. The third-order valence-corrected chi connectivity index (χ3v) is 5.10. The minimum atomic E-state index is -0.310. The summed E-state index contributed by atoms with van der Waals surface area (Å²) in [7, 11) is 1.79. The molecule has 0 unspecified atom stereocenters. The number of fused-ring (bicyclic) bond motifs is 1. The largest absolute Gasteiger partial charge is 0.338 e. The van der Waals surface area contributed by atoms with Gasteiger partial charge >= 0.3 is 0 Å². The van der Waals surface area contributed by atoms with Crippen LogP contribution >= 0.6 is 0 Å². The summed E-state index contributed by atoms with van der Waals surface area (Å²) in [4.78, 5) is 46.4. The van der Waals surface area contributed by atoms with Crippen molar-refractivity contribution < 1.29 is 9.59 Å². The van der Waals surface area contributed by atoms with Gasteiger partial charge in [-0.3, -0.25) is 14.4 Å². The summed E-state index contributed by atoms with van der Waals surface area (Å²) >= 11 is 0. The molecule has 0 aliphatic carbocycles. The molecular formula is C20H20N4O3. The van der Waals surface area contributed by atoms with Crippen LogP contribution in [0.3, 0.4) is 0 Å². The highest BCUT2D eigenvalue weighted by Gasteiger charge is 2.31. The molecule has 3 heterocycles. The second-order valence-electron chi connectivity index (χ2n) is 6.91. The van der Waals surface area contributed by atoms with E-state index in [0.29, 0.717) is 35.4 Å². The first kappa shape index (κ1) is 17.2. The third kappa shape index (κ3) is 3.16. The van der Waals surface area contributed by atoms with E-state index in [-0.39, 0.29) is 23.2 Å². The standard InChI is InChI=1S/C20H20N4O3/c1-23-10-8-21-19(23)18(26)13-5-4-9-24(12-13)20(27)15-11-17(25)22-16-7-3-2-6-14(15)16/h2-3,6-8,10-11,13H,4-5,9,12H2,1H3,(H,22,25)/t13-/m1/s1. The topological polar surface area (TPSA) is 88.1 Å². The monoisotopic (exact) mass is 364 g/mol. The van der Waals surface area contributed by atoms with Crippen molar-refractivity contribution in [2.45, 2.75) is 12.8 Å². The summed E-state index contributed by atoms with van der Waals surface area (Å²) in [6, 6.07) is 8.58. The maximum Gasteiger partial charge on any atom is 0.254 e.